The fraction of sp³-hybridized carbons (Fsp3) is 0.500. The molecule has 92 valence electrons. The third-order valence-corrected chi connectivity index (χ3v) is 3.29. The highest BCUT2D eigenvalue weighted by atomic mass is 32.1. The van der Waals surface area contributed by atoms with E-state index in [1.807, 2.05) is 16.3 Å². The third kappa shape index (κ3) is 3.38. The van der Waals surface area contributed by atoms with Crippen molar-refractivity contribution in [3.63, 3.8) is 0 Å². The molecule has 0 aliphatic heterocycles. The van der Waals surface area contributed by atoms with E-state index < -0.39 is 0 Å². The molecule has 2 heterocycles. The number of hydrogen-bond donors (Lipinski definition) is 1. The van der Waals surface area contributed by atoms with E-state index >= 15 is 0 Å². The van der Waals surface area contributed by atoms with Gasteiger partial charge in [0.25, 0.3) is 0 Å². The Labute approximate surface area is 106 Å². The van der Waals surface area contributed by atoms with Crippen LogP contribution < -0.4 is 5.32 Å². The monoisotopic (exact) mass is 250 g/mol. The average molecular weight is 250 g/mol. The highest BCUT2D eigenvalue weighted by molar-refractivity contribution is 7.09. The molecule has 5 heteroatoms. The molecule has 0 atom stereocenters. The average Bonchev–Trinajstić information content (AvgIpc) is 2.86. The Balaban J connectivity index is 2.02. The van der Waals surface area contributed by atoms with Crippen molar-refractivity contribution in [2.24, 2.45) is 0 Å². The smallest absolute Gasteiger partial charge is 0.114 e. The van der Waals surface area contributed by atoms with E-state index in [1.54, 1.807) is 11.3 Å². The molecule has 17 heavy (non-hydrogen) atoms. The lowest BCUT2D eigenvalue weighted by atomic mass is 10.2. The molecule has 2 rings (SSSR count). The Morgan fingerprint density at radius 2 is 2.29 bits per heavy atom. The Morgan fingerprint density at radius 3 is 2.94 bits per heavy atom. The van der Waals surface area contributed by atoms with Gasteiger partial charge in [0.1, 0.15) is 5.01 Å². The van der Waals surface area contributed by atoms with Crippen LogP contribution in [-0.2, 0) is 13.1 Å². The maximum atomic E-state index is 4.51. The summed E-state index contributed by atoms with van der Waals surface area (Å²) in [5.74, 6) is 0. The second-order valence-corrected chi connectivity index (χ2v) is 5.38. The number of thiazole rings is 1. The molecule has 1 N–H and O–H groups in total. The largest absolute Gasteiger partial charge is 0.310 e. The van der Waals surface area contributed by atoms with Crippen LogP contribution in [0.2, 0.25) is 0 Å². The summed E-state index contributed by atoms with van der Waals surface area (Å²) in [6, 6.07) is 0.497. The van der Waals surface area contributed by atoms with Crippen LogP contribution >= 0.6 is 11.3 Å². The van der Waals surface area contributed by atoms with Crippen LogP contribution in [0.1, 0.15) is 30.1 Å². The molecule has 0 saturated heterocycles. The third-order valence-electron chi connectivity index (χ3n) is 2.53. The first-order valence-corrected chi connectivity index (χ1v) is 6.68. The summed E-state index contributed by atoms with van der Waals surface area (Å²) in [5.41, 5.74) is 2.35. The van der Waals surface area contributed by atoms with Gasteiger partial charge in [-0.3, -0.25) is 4.68 Å². The molecule has 4 nitrogen and oxygen atoms in total. The Hall–Kier alpha value is -1.20. The normalized spacial score (nSPS) is 11.3. The van der Waals surface area contributed by atoms with E-state index in [9.17, 15) is 0 Å². The highest BCUT2D eigenvalue weighted by Crippen LogP contribution is 2.10. The van der Waals surface area contributed by atoms with Crippen molar-refractivity contribution in [3.8, 4) is 0 Å². The van der Waals surface area contributed by atoms with Crippen molar-refractivity contribution < 1.29 is 0 Å². The standard InChI is InChI=1S/C12H18N4S/c1-9(2)14-6-11-7-16(15-10(11)3)8-12-13-4-5-17-12/h4-5,7,9,14H,6,8H2,1-3H3. The molecule has 2 aromatic heterocycles. The Kier molecular flexibility index (Phi) is 3.91. The molecular formula is C12H18N4S. The topological polar surface area (TPSA) is 42.7 Å². The molecule has 0 amide bonds. The van der Waals surface area contributed by atoms with E-state index in [1.165, 1.54) is 5.56 Å². The lowest BCUT2D eigenvalue weighted by Gasteiger charge is -2.06. The quantitative estimate of drug-likeness (QED) is 0.884. The Bertz CT molecular complexity index is 459. The van der Waals surface area contributed by atoms with Crippen LogP contribution in [0.3, 0.4) is 0 Å². The number of nitrogens with zero attached hydrogens (tertiary/aromatic N) is 3. The van der Waals surface area contributed by atoms with E-state index in [-0.39, 0.29) is 0 Å². The molecular weight excluding hydrogens is 232 g/mol. The maximum absolute atomic E-state index is 4.51. The molecule has 0 bridgehead atoms. The fourth-order valence-corrected chi connectivity index (χ4v) is 2.20. The van der Waals surface area contributed by atoms with Crippen molar-refractivity contribution in [1.82, 2.24) is 20.1 Å². The van der Waals surface area contributed by atoms with Gasteiger partial charge in [-0.15, -0.1) is 11.3 Å². The summed E-state index contributed by atoms with van der Waals surface area (Å²) in [6.45, 7) is 7.99. The molecule has 2 aromatic rings. The number of aryl methyl sites for hydroxylation is 1. The zero-order chi connectivity index (χ0) is 12.3. The first-order chi connectivity index (χ1) is 8.15. The minimum absolute atomic E-state index is 0.497. The van der Waals surface area contributed by atoms with E-state index in [2.05, 4.69) is 42.4 Å². The Morgan fingerprint density at radius 1 is 1.47 bits per heavy atom. The second-order valence-electron chi connectivity index (χ2n) is 4.40. The van der Waals surface area contributed by atoms with Gasteiger partial charge in [-0.2, -0.15) is 5.10 Å². The molecule has 0 saturated carbocycles. The van der Waals surface area contributed by atoms with Gasteiger partial charge < -0.3 is 5.32 Å². The predicted molar refractivity (Wildman–Crippen MR) is 70.2 cm³/mol. The lowest BCUT2D eigenvalue weighted by Crippen LogP contribution is -2.21. The maximum Gasteiger partial charge on any atom is 0.114 e. The summed E-state index contributed by atoms with van der Waals surface area (Å²) >= 11 is 1.66. The minimum Gasteiger partial charge on any atom is -0.310 e. The van der Waals surface area contributed by atoms with E-state index in [0.29, 0.717) is 6.04 Å². The van der Waals surface area contributed by atoms with Gasteiger partial charge in [-0.1, -0.05) is 13.8 Å². The molecule has 0 spiro atoms. The second kappa shape index (κ2) is 5.42. The van der Waals surface area contributed by atoms with Crippen LogP contribution in [0, 0.1) is 6.92 Å². The predicted octanol–water partition coefficient (Wildman–Crippen LogP) is 2.19. The zero-order valence-corrected chi connectivity index (χ0v) is 11.3. The van der Waals surface area contributed by atoms with Crippen molar-refractivity contribution in [2.45, 2.75) is 39.9 Å². The van der Waals surface area contributed by atoms with Crippen LogP contribution in [0.4, 0.5) is 0 Å². The van der Waals surface area contributed by atoms with Crippen molar-refractivity contribution in [3.05, 3.63) is 34.0 Å². The first kappa shape index (κ1) is 12.3. The number of aromatic nitrogens is 3. The van der Waals surface area contributed by atoms with Crippen molar-refractivity contribution in [1.29, 1.82) is 0 Å². The van der Waals surface area contributed by atoms with Gasteiger partial charge >= 0.3 is 0 Å². The number of rotatable bonds is 5. The molecule has 0 aliphatic carbocycles. The van der Waals surface area contributed by atoms with Crippen LogP contribution in [0.5, 0.6) is 0 Å². The summed E-state index contributed by atoms with van der Waals surface area (Å²) in [7, 11) is 0. The van der Waals surface area contributed by atoms with Gasteiger partial charge in [0.05, 0.1) is 12.2 Å². The summed E-state index contributed by atoms with van der Waals surface area (Å²) < 4.78 is 1.96. The summed E-state index contributed by atoms with van der Waals surface area (Å²) in [5, 5.41) is 11.0. The number of hydrogen-bond acceptors (Lipinski definition) is 4. The van der Waals surface area contributed by atoms with Crippen LogP contribution in [0.25, 0.3) is 0 Å². The zero-order valence-electron chi connectivity index (χ0n) is 10.5. The minimum atomic E-state index is 0.497. The molecule has 0 aromatic carbocycles. The van der Waals surface area contributed by atoms with Crippen LogP contribution in [-0.4, -0.2) is 20.8 Å². The molecule has 0 unspecified atom stereocenters. The van der Waals surface area contributed by atoms with Gasteiger partial charge in [-0.05, 0) is 6.92 Å². The van der Waals surface area contributed by atoms with Gasteiger partial charge in [-0.25, -0.2) is 4.98 Å². The molecule has 0 aliphatic rings. The van der Waals surface area contributed by atoms with E-state index in [0.717, 1.165) is 23.8 Å². The van der Waals surface area contributed by atoms with Crippen molar-refractivity contribution in [2.75, 3.05) is 0 Å². The molecule has 0 fully saturated rings. The lowest BCUT2D eigenvalue weighted by molar-refractivity contribution is 0.587. The molecule has 0 radical (unpaired) electrons. The van der Waals surface area contributed by atoms with Gasteiger partial charge in [0, 0.05) is 35.9 Å². The van der Waals surface area contributed by atoms with Gasteiger partial charge in [0.15, 0.2) is 0 Å². The SMILES string of the molecule is Cc1nn(Cc2nccs2)cc1CNC(C)C. The van der Waals surface area contributed by atoms with Crippen molar-refractivity contribution >= 4 is 11.3 Å². The van der Waals surface area contributed by atoms with Gasteiger partial charge in [0.2, 0.25) is 0 Å². The van der Waals surface area contributed by atoms with Crippen LogP contribution in [0.15, 0.2) is 17.8 Å². The summed E-state index contributed by atoms with van der Waals surface area (Å²) in [4.78, 5) is 4.27. The van der Waals surface area contributed by atoms with E-state index in [4.69, 9.17) is 0 Å². The number of nitrogens with one attached hydrogen (secondary N) is 1. The first-order valence-electron chi connectivity index (χ1n) is 5.80. The highest BCUT2D eigenvalue weighted by Gasteiger charge is 2.06. The summed E-state index contributed by atoms with van der Waals surface area (Å²) in [6.07, 6.45) is 3.93. The fourth-order valence-electron chi connectivity index (χ4n) is 1.60.